The molecule has 0 unspecified atom stereocenters. The molecule has 77 valence electrons. The zero-order chi connectivity index (χ0) is 10.2. The summed E-state index contributed by atoms with van der Waals surface area (Å²) in [7, 11) is 0. The minimum atomic E-state index is 0.365. The van der Waals surface area contributed by atoms with Gasteiger partial charge in [0, 0.05) is 18.7 Å². The van der Waals surface area contributed by atoms with Crippen LogP contribution >= 0.6 is 0 Å². The van der Waals surface area contributed by atoms with Crippen LogP contribution in [0.3, 0.4) is 0 Å². The smallest absolute Gasteiger partial charge is 0.120 e. The SMILES string of the molecule is CCCC[CH]NCc1ccccc1O. The first-order chi connectivity index (χ1) is 6.84. The standard InChI is InChI=1S/C12H18NO/c1-2-3-6-9-13-10-11-7-4-5-8-12(11)14/h4-5,7-9,13-14H,2-3,6,10H2,1H3. The Bertz CT molecular complexity index is 260. The third-order valence-electron chi connectivity index (χ3n) is 2.13. The van der Waals surface area contributed by atoms with E-state index >= 15 is 0 Å². The molecule has 2 N–H and O–H groups in total. The van der Waals surface area contributed by atoms with E-state index in [4.69, 9.17) is 0 Å². The van der Waals surface area contributed by atoms with Crippen molar-refractivity contribution < 1.29 is 5.11 Å². The van der Waals surface area contributed by atoms with Gasteiger partial charge in [0.15, 0.2) is 0 Å². The topological polar surface area (TPSA) is 32.3 Å². The first kappa shape index (κ1) is 11.1. The van der Waals surface area contributed by atoms with Crippen LogP contribution in [0, 0.1) is 6.54 Å². The third kappa shape index (κ3) is 3.79. The molecule has 1 aromatic rings. The predicted molar refractivity (Wildman–Crippen MR) is 58.8 cm³/mol. The number of aromatic hydroxyl groups is 1. The number of nitrogens with one attached hydrogen (secondary N) is 1. The van der Waals surface area contributed by atoms with Crippen molar-refractivity contribution in [1.82, 2.24) is 5.32 Å². The number of phenolic OH excluding ortho intramolecular Hbond substituents is 1. The molecule has 2 heteroatoms. The average Bonchev–Trinajstić information content (AvgIpc) is 2.20. The lowest BCUT2D eigenvalue weighted by Crippen LogP contribution is -2.09. The van der Waals surface area contributed by atoms with Gasteiger partial charge in [0.1, 0.15) is 5.75 Å². The second kappa shape index (κ2) is 6.44. The summed E-state index contributed by atoms with van der Waals surface area (Å²) in [5.41, 5.74) is 0.945. The molecule has 1 rings (SSSR count). The Labute approximate surface area is 86.0 Å². The molecule has 0 heterocycles. The molecule has 0 spiro atoms. The highest BCUT2D eigenvalue weighted by molar-refractivity contribution is 5.31. The number of hydrogen-bond donors (Lipinski definition) is 2. The van der Waals surface area contributed by atoms with E-state index in [-0.39, 0.29) is 0 Å². The second-order valence-electron chi connectivity index (χ2n) is 3.36. The average molecular weight is 192 g/mol. The lowest BCUT2D eigenvalue weighted by atomic mass is 10.2. The molecular weight excluding hydrogens is 174 g/mol. The number of rotatable bonds is 6. The predicted octanol–water partition coefficient (Wildman–Crippen LogP) is 2.83. The van der Waals surface area contributed by atoms with E-state index in [1.807, 2.05) is 18.2 Å². The normalized spacial score (nSPS) is 10.4. The van der Waals surface area contributed by atoms with E-state index in [1.54, 1.807) is 6.07 Å². The van der Waals surface area contributed by atoms with Crippen LogP contribution in [0.2, 0.25) is 0 Å². The van der Waals surface area contributed by atoms with Crippen LogP contribution in [0.25, 0.3) is 0 Å². The summed E-state index contributed by atoms with van der Waals surface area (Å²) >= 11 is 0. The Morgan fingerprint density at radius 2 is 2.14 bits per heavy atom. The molecule has 0 saturated heterocycles. The van der Waals surface area contributed by atoms with E-state index in [2.05, 4.69) is 18.8 Å². The van der Waals surface area contributed by atoms with Gasteiger partial charge in [-0.2, -0.15) is 0 Å². The lowest BCUT2D eigenvalue weighted by molar-refractivity contribution is 0.465. The highest BCUT2D eigenvalue weighted by atomic mass is 16.3. The molecule has 0 fully saturated rings. The van der Waals surface area contributed by atoms with E-state index in [9.17, 15) is 5.11 Å². The summed E-state index contributed by atoms with van der Waals surface area (Å²) in [4.78, 5) is 0. The van der Waals surface area contributed by atoms with Crippen LogP contribution in [-0.4, -0.2) is 5.11 Å². The second-order valence-corrected chi connectivity index (χ2v) is 3.36. The molecule has 1 radical (unpaired) electrons. The van der Waals surface area contributed by atoms with Crippen LogP contribution in [-0.2, 0) is 6.54 Å². The van der Waals surface area contributed by atoms with Gasteiger partial charge in [0.05, 0.1) is 0 Å². The Morgan fingerprint density at radius 1 is 1.36 bits per heavy atom. The summed E-state index contributed by atoms with van der Waals surface area (Å²) in [5.74, 6) is 0.365. The van der Waals surface area contributed by atoms with E-state index in [0.29, 0.717) is 12.3 Å². The van der Waals surface area contributed by atoms with Gasteiger partial charge in [0.25, 0.3) is 0 Å². The van der Waals surface area contributed by atoms with Crippen molar-refractivity contribution in [2.45, 2.75) is 32.7 Å². The summed E-state index contributed by atoms with van der Waals surface area (Å²) in [6.45, 7) is 4.95. The van der Waals surface area contributed by atoms with Crippen LogP contribution in [0.1, 0.15) is 31.7 Å². The van der Waals surface area contributed by atoms with Gasteiger partial charge in [-0.05, 0) is 12.5 Å². The molecule has 0 amide bonds. The highest BCUT2D eigenvalue weighted by Crippen LogP contribution is 2.14. The molecule has 2 nitrogen and oxygen atoms in total. The van der Waals surface area contributed by atoms with Crippen molar-refractivity contribution in [3.63, 3.8) is 0 Å². The Kier molecular flexibility index (Phi) is 5.08. The van der Waals surface area contributed by atoms with Crippen molar-refractivity contribution in [2.75, 3.05) is 0 Å². The fourth-order valence-corrected chi connectivity index (χ4v) is 1.25. The van der Waals surface area contributed by atoms with Crippen molar-refractivity contribution in [3.8, 4) is 5.75 Å². The number of unbranched alkanes of at least 4 members (excludes halogenated alkanes) is 2. The van der Waals surface area contributed by atoms with Crippen LogP contribution < -0.4 is 5.32 Å². The number of hydrogen-bond acceptors (Lipinski definition) is 2. The zero-order valence-electron chi connectivity index (χ0n) is 8.66. The Balaban J connectivity index is 2.21. The first-order valence-electron chi connectivity index (χ1n) is 5.16. The largest absolute Gasteiger partial charge is 0.508 e. The van der Waals surface area contributed by atoms with Crippen molar-refractivity contribution >= 4 is 0 Å². The van der Waals surface area contributed by atoms with Crippen LogP contribution in [0.5, 0.6) is 5.75 Å². The molecule has 0 atom stereocenters. The van der Waals surface area contributed by atoms with Gasteiger partial charge in [-0.1, -0.05) is 38.0 Å². The van der Waals surface area contributed by atoms with Gasteiger partial charge in [-0.15, -0.1) is 0 Å². The fourth-order valence-electron chi connectivity index (χ4n) is 1.25. The summed E-state index contributed by atoms with van der Waals surface area (Å²) in [5, 5.41) is 12.7. The Morgan fingerprint density at radius 3 is 2.86 bits per heavy atom. The molecule has 0 aliphatic heterocycles. The van der Waals surface area contributed by atoms with Crippen molar-refractivity contribution in [1.29, 1.82) is 0 Å². The number of para-hydroxylation sites is 1. The minimum absolute atomic E-state index is 0.365. The summed E-state index contributed by atoms with van der Waals surface area (Å²) in [6.07, 6.45) is 3.52. The molecule has 1 aromatic carbocycles. The molecule has 0 saturated carbocycles. The van der Waals surface area contributed by atoms with Crippen LogP contribution in [0.4, 0.5) is 0 Å². The van der Waals surface area contributed by atoms with E-state index in [0.717, 1.165) is 12.0 Å². The van der Waals surface area contributed by atoms with Gasteiger partial charge < -0.3 is 10.4 Å². The van der Waals surface area contributed by atoms with Crippen molar-refractivity contribution in [3.05, 3.63) is 36.4 Å². The monoisotopic (exact) mass is 192 g/mol. The molecule has 0 aliphatic rings. The van der Waals surface area contributed by atoms with E-state index in [1.165, 1.54) is 12.8 Å². The van der Waals surface area contributed by atoms with Gasteiger partial charge in [-0.25, -0.2) is 0 Å². The van der Waals surface area contributed by atoms with Gasteiger partial charge in [0.2, 0.25) is 0 Å². The zero-order valence-corrected chi connectivity index (χ0v) is 8.66. The van der Waals surface area contributed by atoms with Crippen LogP contribution in [0.15, 0.2) is 24.3 Å². The number of benzene rings is 1. The Hall–Kier alpha value is -1.02. The summed E-state index contributed by atoms with van der Waals surface area (Å²) in [6, 6.07) is 7.40. The highest BCUT2D eigenvalue weighted by Gasteiger charge is 1.97. The first-order valence-corrected chi connectivity index (χ1v) is 5.16. The maximum absolute atomic E-state index is 9.46. The van der Waals surface area contributed by atoms with E-state index < -0.39 is 0 Å². The molecule has 0 aliphatic carbocycles. The summed E-state index contributed by atoms with van der Waals surface area (Å²) < 4.78 is 0. The molecule has 0 bridgehead atoms. The molecular formula is C12H18NO. The van der Waals surface area contributed by atoms with Gasteiger partial charge in [-0.3, -0.25) is 0 Å². The van der Waals surface area contributed by atoms with Gasteiger partial charge >= 0.3 is 0 Å². The lowest BCUT2D eigenvalue weighted by Gasteiger charge is -2.05. The third-order valence-corrected chi connectivity index (χ3v) is 2.13. The minimum Gasteiger partial charge on any atom is -0.508 e. The maximum Gasteiger partial charge on any atom is 0.120 e. The maximum atomic E-state index is 9.46. The molecule has 0 aromatic heterocycles. The van der Waals surface area contributed by atoms with Crippen molar-refractivity contribution in [2.24, 2.45) is 0 Å². The molecule has 14 heavy (non-hydrogen) atoms. The quantitative estimate of drug-likeness (QED) is 0.679. The fraction of sp³-hybridized carbons (Fsp3) is 0.417. The number of phenols is 1.